The van der Waals surface area contributed by atoms with Crippen LogP contribution in [-0.4, -0.2) is 37.3 Å². The van der Waals surface area contributed by atoms with Crippen molar-refractivity contribution in [1.29, 1.82) is 0 Å². The molecule has 1 aromatic rings. The number of carbonyl (C=O) groups is 1. The zero-order valence-corrected chi connectivity index (χ0v) is 9.39. The minimum atomic E-state index is -0.364. The highest BCUT2D eigenvalue weighted by Crippen LogP contribution is 2.28. The molecule has 0 spiro atoms. The summed E-state index contributed by atoms with van der Waals surface area (Å²) in [6, 6.07) is 7.46. The van der Waals surface area contributed by atoms with Crippen LogP contribution < -0.4 is 5.43 Å². The van der Waals surface area contributed by atoms with Gasteiger partial charge in [-0.2, -0.15) is 0 Å². The summed E-state index contributed by atoms with van der Waals surface area (Å²) >= 11 is 0. The molecular weight excluding hydrogens is 220 g/mol. The number of carbonyl (C=O) groups excluding carboxylic acids is 1. The number of hydrogen-bond acceptors (Lipinski definition) is 5. The number of cyclic esters (lactones) is 1. The molecule has 0 aromatic heterocycles. The first-order valence-corrected chi connectivity index (χ1v) is 5.73. The van der Waals surface area contributed by atoms with Gasteiger partial charge in [0.2, 0.25) is 0 Å². The van der Waals surface area contributed by atoms with Crippen LogP contribution >= 0.6 is 0 Å². The molecule has 90 valence electrons. The molecular formula is C12H14N2O3. The second kappa shape index (κ2) is 4.44. The van der Waals surface area contributed by atoms with Crippen LogP contribution in [-0.2, 0) is 9.47 Å². The molecule has 0 radical (unpaired) electrons. The number of nitrogens with one attached hydrogen (secondary N) is 1. The van der Waals surface area contributed by atoms with Crippen molar-refractivity contribution in [3.63, 3.8) is 0 Å². The molecule has 0 aliphatic carbocycles. The van der Waals surface area contributed by atoms with Crippen LogP contribution in [0.25, 0.3) is 0 Å². The predicted molar refractivity (Wildman–Crippen MR) is 60.1 cm³/mol. The molecule has 0 bridgehead atoms. The third kappa shape index (κ3) is 2.04. The maximum absolute atomic E-state index is 11.6. The topological polar surface area (TPSA) is 50.8 Å². The number of benzene rings is 1. The van der Waals surface area contributed by atoms with Gasteiger partial charge in [-0.15, -0.1) is 0 Å². The van der Waals surface area contributed by atoms with Gasteiger partial charge in [-0.25, -0.2) is 15.2 Å². The van der Waals surface area contributed by atoms with Crippen molar-refractivity contribution in [3.8, 4) is 0 Å². The quantitative estimate of drug-likeness (QED) is 0.763. The molecule has 1 saturated heterocycles. The Balaban J connectivity index is 1.75. The average Bonchev–Trinajstić information content (AvgIpc) is 2.69. The molecule has 0 unspecified atom stereocenters. The van der Waals surface area contributed by atoms with E-state index in [0.717, 1.165) is 18.7 Å². The van der Waals surface area contributed by atoms with E-state index in [-0.39, 0.29) is 12.2 Å². The number of fused-ring (bicyclic) bond motifs is 1. The van der Waals surface area contributed by atoms with Crippen LogP contribution in [0.1, 0.15) is 22.1 Å². The van der Waals surface area contributed by atoms with Crippen molar-refractivity contribution in [1.82, 2.24) is 10.4 Å². The minimum absolute atomic E-state index is 0.258. The zero-order valence-electron chi connectivity index (χ0n) is 9.39. The molecule has 17 heavy (non-hydrogen) atoms. The summed E-state index contributed by atoms with van der Waals surface area (Å²) in [6.07, 6.45) is -0.364. The molecule has 3 rings (SSSR count). The van der Waals surface area contributed by atoms with Crippen molar-refractivity contribution < 1.29 is 14.3 Å². The molecule has 1 atom stereocenters. The summed E-state index contributed by atoms with van der Waals surface area (Å²) < 4.78 is 10.6. The van der Waals surface area contributed by atoms with Gasteiger partial charge in [0.15, 0.2) is 6.23 Å². The monoisotopic (exact) mass is 234 g/mol. The van der Waals surface area contributed by atoms with Crippen molar-refractivity contribution >= 4 is 5.97 Å². The lowest BCUT2D eigenvalue weighted by Gasteiger charge is -2.29. The molecule has 1 fully saturated rings. The molecule has 1 aromatic carbocycles. The van der Waals surface area contributed by atoms with E-state index < -0.39 is 0 Å². The van der Waals surface area contributed by atoms with E-state index in [1.165, 1.54) is 0 Å². The number of ether oxygens (including phenoxy) is 2. The van der Waals surface area contributed by atoms with E-state index >= 15 is 0 Å². The van der Waals surface area contributed by atoms with E-state index in [4.69, 9.17) is 9.47 Å². The van der Waals surface area contributed by atoms with Crippen molar-refractivity contribution in [2.75, 3.05) is 26.3 Å². The fourth-order valence-corrected chi connectivity index (χ4v) is 2.10. The number of rotatable bonds is 2. The lowest BCUT2D eigenvalue weighted by Crippen LogP contribution is -2.47. The van der Waals surface area contributed by atoms with Crippen LogP contribution in [0.4, 0.5) is 0 Å². The summed E-state index contributed by atoms with van der Waals surface area (Å²) in [5.41, 5.74) is 4.77. The molecule has 0 amide bonds. The molecule has 2 aliphatic heterocycles. The Kier molecular flexibility index (Phi) is 2.80. The average molecular weight is 234 g/mol. The third-order valence-electron chi connectivity index (χ3n) is 3.00. The number of esters is 1. The van der Waals surface area contributed by atoms with E-state index in [0.29, 0.717) is 18.8 Å². The summed E-state index contributed by atoms with van der Waals surface area (Å²) in [4.78, 5) is 11.6. The lowest BCUT2D eigenvalue weighted by atomic mass is 10.1. The predicted octanol–water partition coefficient (Wildman–Crippen LogP) is 0.692. The van der Waals surface area contributed by atoms with Crippen molar-refractivity contribution in [2.45, 2.75) is 6.23 Å². The van der Waals surface area contributed by atoms with Gasteiger partial charge in [0.25, 0.3) is 0 Å². The number of morpholine rings is 1. The Hall–Kier alpha value is -1.43. The molecule has 2 heterocycles. The van der Waals surface area contributed by atoms with Gasteiger partial charge in [-0.05, 0) is 6.07 Å². The maximum atomic E-state index is 11.6. The minimum Gasteiger partial charge on any atom is -0.437 e. The molecule has 5 heteroatoms. The number of hydrazine groups is 1. The molecule has 5 nitrogen and oxygen atoms in total. The van der Waals surface area contributed by atoms with Crippen LogP contribution in [0.15, 0.2) is 24.3 Å². The Morgan fingerprint density at radius 2 is 2.00 bits per heavy atom. The highest BCUT2D eigenvalue weighted by molar-refractivity contribution is 5.93. The second-order valence-electron chi connectivity index (χ2n) is 4.10. The molecule has 1 N–H and O–H groups in total. The number of nitrogens with zero attached hydrogens (tertiary/aromatic N) is 1. The third-order valence-corrected chi connectivity index (χ3v) is 3.00. The standard InChI is InChI=1S/C12H14N2O3/c15-12-10-4-2-1-3-9(10)11(17-12)13-14-5-7-16-8-6-14/h1-4,11,13H,5-8H2/t11-/m1/s1. The number of hydrogen-bond donors (Lipinski definition) is 1. The molecule has 0 saturated carbocycles. The molecule has 2 aliphatic rings. The van der Waals surface area contributed by atoms with Gasteiger partial charge in [0, 0.05) is 18.7 Å². The fraction of sp³-hybridized carbons (Fsp3) is 0.417. The largest absolute Gasteiger partial charge is 0.437 e. The van der Waals surface area contributed by atoms with Crippen molar-refractivity contribution in [2.24, 2.45) is 0 Å². The first kappa shape index (κ1) is 10.7. The van der Waals surface area contributed by atoms with E-state index in [1.807, 2.05) is 23.2 Å². The van der Waals surface area contributed by atoms with Crippen LogP contribution in [0.3, 0.4) is 0 Å². The fourth-order valence-electron chi connectivity index (χ4n) is 2.10. The summed E-state index contributed by atoms with van der Waals surface area (Å²) in [5.74, 6) is -0.258. The Morgan fingerprint density at radius 1 is 1.24 bits per heavy atom. The highest BCUT2D eigenvalue weighted by Gasteiger charge is 2.31. The normalized spacial score (nSPS) is 24.5. The van der Waals surface area contributed by atoms with Gasteiger partial charge < -0.3 is 9.47 Å². The Morgan fingerprint density at radius 3 is 2.82 bits per heavy atom. The first-order chi connectivity index (χ1) is 8.34. The van der Waals surface area contributed by atoms with Crippen molar-refractivity contribution in [3.05, 3.63) is 35.4 Å². The summed E-state index contributed by atoms with van der Waals surface area (Å²) in [5, 5.41) is 2.03. The van der Waals surface area contributed by atoms with E-state index in [1.54, 1.807) is 6.07 Å². The highest BCUT2D eigenvalue weighted by atomic mass is 16.6. The van der Waals surface area contributed by atoms with Gasteiger partial charge in [-0.3, -0.25) is 0 Å². The Bertz CT molecular complexity index is 430. The van der Waals surface area contributed by atoms with Gasteiger partial charge in [0.05, 0.1) is 18.8 Å². The second-order valence-corrected chi connectivity index (χ2v) is 4.10. The van der Waals surface area contributed by atoms with Gasteiger partial charge in [0.1, 0.15) is 0 Å². The van der Waals surface area contributed by atoms with E-state index in [2.05, 4.69) is 5.43 Å². The van der Waals surface area contributed by atoms with E-state index in [9.17, 15) is 4.79 Å². The van der Waals surface area contributed by atoms with Crippen LogP contribution in [0, 0.1) is 0 Å². The zero-order chi connectivity index (χ0) is 11.7. The SMILES string of the molecule is O=C1O[C@@H](NN2CCOCC2)c2ccccc21. The smallest absolute Gasteiger partial charge is 0.340 e. The maximum Gasteiger partial charge on any atom is 0.340 e. The van der Waals surface area contributed by atoms with Gasteiger partial charge >= 0.3 is 5.97 Å². The first-order valence-electron chi connectivity index (χ1n) is 5.73. The summed E-state index contributed by atoms with van der Waals surface area (Å²) in [6.45, 7) is 3.01. The summed E-state index contributed by atoms with van der Waals surface area (Å²) in [7, 11) is 0. The Labute approximate surface area is 99.3 Å². The van der Waals surface area contributed by atoms with Crippen LogP contribution in [0.2, 0.25) is 0 Å². The van der Waals surface area contributed by atoms with Gasteiger partial charge in [-0.1, -0.05) is 18.2 Å². The van der Waals surface area contributed by atoms with Crippen LogP contribution in [0.5, 0.6) is 0 Å². The lowest BCUT2D eigenvalue weighted by molar-refractivity contribution is -0.0400.